The summed E-state index contributed by atoms with van der Waals surface area (Å²) in [6, 6.07) is 13.0. The number of H-pyrrole nitrogens is 2. The SMILES string of the molecule is Fc1cc(-c2nc3ccccc3[nH]2)cc2cc[nH]c12. The molecule has 0 aliphatic rings. The summed E-state index contributed by atoms with van der Waals surface area (Å²) in [5.74, 6) is 0.418. The van der Waals surface area contributed by atoms with E-state index in [2.05, 4.69) is 15.0 Å². The van der Waals surface area contributed by atoms with Gasteiger partial charge in [0.25, 0.3) is 0 Å². The highest BCUT2D eigenvalue weighted by molar-refractivity contribution is 5.86. The average molecular weight is 251 g/mol. The number of aromatic nitrogens is 3. The van der Waals surface area contributed by atoms with E-state index < -0.39 is 0 Å². The molecular formula is C15H10FN3. The Morgan fingerprint density at radius 1 is 1.05 bits per heavy atom. The Labute approximate surface area is 108 Å². The van der Waals surface area contributed by atoms with Gasteiger partial charge in [0.2, 0.25) is 0 Å². The fourth-order valence-corrected chi connectivity index (χ4v) is 2.35. The molecule has 19 heavy (non-hydrogen) atoms. The first-order chi connectivity index (χ1) is 9.31. The number of para-hydroxylation sites is 2. The topological polar surface area (TPSA) is 44.5 Å². The molecule has 4 heteroatoms. The zero-order valence-corrected chi connectivity index (χ0v) is 9.94. The Balaban J connectivity index is 1.97. The fourth-order valence-electron chi connectivity index (χ4n) is 2.35. The van der Waals surface area contributed by atoms with Crippen LogP contribution in [0.3, 0.4) is 0 Å². The molecule has 0 saturated heterocycles. The average Bonchev–Trinajstić information content (AvgIpc) is 3.04. The molecule has 0 aliphatic carbocycles. The second-order valence-electron chi connectivity index (χ2n) is 4.50. The number of hydrogen-bond acceptors (Lipinski definition) is 1. The van der Waals surface area contributed by atoms with Gasteiger partial charge in [-0.1, -0.05) is 12.1 Å². The summed E-state index contributed by atoms with van der Waals surface area (Å²) in [5.41, 5.74) is 3.11. The van der Waals surface area contributed by atoms with Crippen molar-refractivity contribution in [3.05, 3.63) is 54.5 Å². The van der Waals surface area contributed by atoms with Crippen LogP contribution in [0.4, 0.5) is 4.39 Å². The van der Waals surface area contributed by atoms with Gasteiger partial charge in [-0.3, -0.25) is 0 Å². The molecule has 2 aromatic carbocycles. The van der Waals surface area contributed by atoms with Crippen LogP contribution in [-0.4, -0.2) is 15.0 Å². The van der Waals surface area contributed by atoms with E-state index in [0.29, 0.717) is 11.3 Å². The molecule has 0 aliphatic heterocycles. The minimum atomic E-state index is -0.266. The third-order valence-electron chi connectivity index (χ3n) is 3.27. The third-order valence-corrected chi connectivity index (χ3v) is 3.27. The van der Waals surface area contributed by atoms with Crippen molar-refractivity contribution in [3.8, 4) is 11.4 Å². The van der Waals surface area contributed by atoms with Crippen molar-refractivity contribution in [2.45, 2.75) is 0 Å². The van der Waals surface area contributed by atoms with Gasteiger partial charge in [0, 0.05) is 17.1 Å². The minimum absolute atomic E-state index is 0.266. The molecule has 0 spiro atoms. The predicted molar refractivity (Wildman–Crippen MR) is 73.3 cm³/mol. The number of rotatable bonds is 1. The largest absolute Gasteiger partial charge is 0.359 e. The van der Waals surface area contributed by atoms with Crippen LogP contribution >= 0.6 is 0 Å². The van der Waals surface area contributed by atoms with Crippen LogP contribution in [0.15, 0.2) is 48.7 Å². The Bertz CT molecular complexity index is 856. The van der Waals surface area contributed by atoms with Crippen LogP contribution in [0.1, 0.15) is 0 Å². The van der Waals surface area contributed by atoms with E-state index in [4.69, 9.17) is 0 Å². The normalized spacial score (nSPS) is 11.4. The van der Waals surface area contributed by atoms with Crippen LogP contribution in [0, 0.1) is 5.82 Å². The van der Waals surface area contributed by atoms with Crippen molar-refractivity contribution in [1.82, 2.24) is 15.0 Å². The monoisotopic (exact) mass is 251 g/mol. The van der Waals surface area contributed by atoms with E-state index in [1.54, 1.807) is 6.20 Å². The number of nitrogens with one attached hydrogen (secondary N) is 2. The quantitative estimate of drug-likeness (QED) is 0.530. The summed E-state index contributed by atoms with van der Waals surface area (Å²) < 4.78 is 13.9. The summed E-state index contributed by atoms with van der Waals surface area (Å²) in [5, 5.41) is 0.843. The molecule has 2 aromatic heterocycles. The number of benzene rings is 2. The van der Waals surface area contributed by atoms with Crippen molar-refractivity contribution >= 4 is 21.9 Å². The molecule has 0 saturated carbocycles. The highest BCUT2D eigenvalue weighted by Gasteiger charge is 2.09. The Hall–Kier alpha value is -2.62. The molecule has 2 heterocycles. The van der Waals surface area contributed by atoms with Gasteiger partial charge in [-0.15, -0.1) is 0 Å². The number of imidazole rings is 1. The standard InChI is InChI=1S/C15H10FN3/c16-11-8-10(7-9-5-6-17-14(9)11)15-18-12-3-1-2-4-13(12)19-15/h1-8,17H,(H,18,19). The van der Waals surface area contributed by atoms with E-state index >= 15 is 0 Å². The highest BCUT2D eigenvalue weighted by atomic mass is 19.1. The van der Waals surface area contributed by atoms with E-state index in [0.717, 1.165) is 22.0 Å². The van der Waals surface area contributed by atoms with Crippen molar-refractivity contribution in [3.63, 3.8) is 0 Å². The second kappa shape index (κ2) is 3.68. The first kappa shape index (κ1) is 10.3. The van der Waals surface area contributed by atoms with Gasteiger partial charge in [-0.2, -0.15) is 0 Å². The van der Waals surface area contributed by atoms with Gasteiger partial charge < -0.3 is 9.97 Å². The van der Waals surface area contributed by atoms with Crippen molar-refractivity contribution < 1.29 is 4.39 Å². The number of nitrogens with zero attached hydrogens (tertiary/aromatic N) is 1. The van der Waals surface area contributed by atoms with E-state index in [9.17, 15) is 4.39 Å². The summed E-state index contributed by atoms with van der Waals surface area (Å²) >= 11 is 0. The highest BCUT2D eigenvalue weighted by Crippen LogP contribution is 2.26. The van der Waals surface area contributed by atoms with E-state index in [1.165, 1.54) is 6.07 Å². The number of halogens is 1. The van der Waals surface area contributed by atoms with Crippen molar-refractivity contribution in [2.24, 2.45) is 0 Å². The number of aromatic amines is 2. The van der Waals surface area contributed by atoms with Gasteiger partial charge in [-0.25, -0.2) is 9.37 Å². The second-order valence-corrected chi connectivity index (χ2v) is 4.50. The summed E-state index contributed by atoms with van der Waals surface area (Å²) in [6.45, 7) is 0. The van der Waals surface area contributed by atoms with Gasteiger partial charge >= 0.3 is 0 Å². The Morgan fingerprint density at radius 3 is 2.84 bits per heavy atom. The molecular weight excluding hydrogens is 241 g/mol. The first-order valence-electron chi connectivity index (χ1n) is 6.03. The van der Waals surface area contributed by atoms with Crippen LogP contribution in [0.25, 0.3) is 33.3 Å². The van der Waals surface area contributed by atoms with Gasteiger partial charge in [0.15, 0.2) is 0 Å². The molecule has 0 unspecified atom stereocenters. The minimum Gasteiger partial charge on any atom is -0.359 e. The van der Waals surface area contributed by atoms with Gasteiger partial charge in [0.05, 0.1) is 16.6 Å². The van der Waals surface area contributed by atoms with Crippen LogP contribution < -0.4 is 0 Å². The lowest BCUT2D eigenvalue weighted by Gasteiger charge is -1.99. The smallest absolute Gasteiger partial charge is 0.147 e. The lowest BCUT2D eigenvalue weighted by Crippen LogP contribution is -1.84. The predicted octanol–water partition coefficient (Wildman–Crippen LogP) is 3.85. The fraction of sp³-hybridized carbons (Fsp3) is 0. The number of hydrogen-bond donors (Lipinski definition) is 2. The van der Waals surface area contributed by atoms with Gasteiger partial charge in [0.1, 0.15) is 11.6 Å². The van der Waals surface area contributed by atoms with Crippen LogP contribution in [-0.2, 0) is 0 Å². The van der Waals surface area contributed by atoms with Gasteiger partial charge in [-0.05, 0) is 30.3 Å². The maximum atomic E-state index is 13.9. The molecule has 0 atom stereocenters. The molecule has 0 amide bonds. The molecule has 4 aromatic rings. The Kier molecular flexibility index (Phi) is 2.00. The zero-order chi connectivity index (χ0) is 12.8. The van der Waals surface area contributed by atoms with Crippen molar-refractivity contribution in [1.29, 1.82) is 0 Å². The summed E-state index contributed by atoms with van der Waals surface area (Å²) in [4.78, 5) is 10.6. The van der Waals surface area contributed by atoms with E-state index in [1.807, 2.05) is 36.4 Å². The molecule has 0 bridgehead atoms. The van der Waals surface area contributed by atoms with Crippen LogP contribution in [0.2, 0.25) is 0 Å². The Morgan fingerprint density at radius 2 is 1.95 bits per heavy atom. The molecule has 2 N–H and O–H groups in total. The molecule has 0 fully saturated rings. The van der Waals surface area contributed by atoms with Crippen LogP contribution in [0.5, 0.6) is 0 Å². The molecule has 92 valence electrons. The molecule has 3 nitrogen and oxygen atoms in total. The van der Waals surface area contributed by atoms with Crippen molar-refractivity contribution in [2.75, 3.05) is 0 Å². The molecule has 4 rings (SSSR count). The molecule has 0 radical (unpaired) electrons. The zero-order valence-electron chi connectivity index (χ0n) is 9.94. The summed E-state index contributed by atoms with van der Waals surface area (Å²) in [7, 11) is 0. The first-order valence-corrected chi connectivity index (χ1v) is 6.03. The maximum absolute atomic E-state index is 13.9. The maximum Gasteiger partial charge on any atom is 0.147 e. The lowest BCUT2D eigenvalue weighted by molar-refractivity contribution is 0.637. The van der Waals surface area contributed by atoms with E-state index in [-0.39, 0.29) is 5.82 Å². The number of fused-ring (bicyclic) bond motifs is 2. The third kappa shape index (κ3) is 1.53. The lowest BCUT2D eigenvalue weighted by atomic mass is 10.1. The summed E-state index contributed by atoms with van der Waals surface area (Å²) in [6.07, 6.45) is 1.73.